The van der Waals surface area contributed by atoms with Crippen molar-refractivity contribution < 1.29 is 32.5 Å². The number of alkyl halides is 3. The van der Waals surface area contributed by atoms with Crippen LogP contribution in [0.3, 0.4) is 0 Å². The molecule has 136 valence electrons. The topological polar surface area (TPSA) is 86.0 Å². The molecule has 0 spiro atoms. The van der Waals surface area contributed by atoms with Gasteiger partial charge in [-0.25, -0.2) is 14.8 Å². The smallest absolute Gasteiger partial charge is 0.422 e. The van der Waals surface area contributed by atoms with Crippen molar-refractivity contribution in [3.8, 4) is 17.4 Å². The molecular weight excluding hydrogens is 379 g/mol. The summed E-state index contributed by atoms with van der Waals surface area (Å²) in [7, 11) is 0. The van der Waals surface area contributed by atoms with E-state index in [2.05, 4.69) is 14.7 Å². The van der Waals surface area contributed by atoms with Crippen molar-refractivity contribution in [2.45, 2.75) is 6.18 Å². The van der Waals surface area contributed by atoms with Gasteiger partial charge in [-0.1, -0.05) is 11.6 Å². The van der Waals surface area contributed by atoms with Crippen LogP contribution in [0.2, 0.25) is 5.15 Å². The standard InChI is InChI=1S/C15H9ClF3N3O4/c16-12-11(14(23)24)21-10-4-3-8(6-22(10)12)26-13-9(2-1-5-20-13)25-7-15(17,18)19/h1-6H,7H2,(H,23,24). The molecule has 3 heterocycles. The number of ether oxygens (including phenoxy) is 2. The SMILES string of the molecule is O=C(O)c1nc2ccc(Oc3ncccc3OCC(F)(F)F)cn2c1Cl. The van der Waals surface area contributed by atoms with Crippen molar-refractivity contribution in [3.63, 3.8) is 0 Å². The summed E-state index contributed by atoms with van der Waals surface area (Å²) in [4.78, 5) is 18.7. The zero-order chi connectivity index (χ0) is 18.9. The van der Waals surface area contributed by atoms with E-state index in [1.54, 1.807) is 0 Å². The van der Waals surface area contributed by atoms with E-state index in [-0.39, 0.29) is 33.9 Å². The van der Waals surface area contributed by atoms with Gasteiger partial charge in [0.05, 0.1) is 6.20 Å². The molecule has 0 bridgehead atoms. The Labute approximate surface area is 148 Å². The first-order valence-corrected chi connectivity index (χ1v) is 7.36. The van der Waals surface area contributed by atoms with Gasteiger partial charge in [0, 0.05) is 6.20 Å². The molecule has 0 amide bonds. The number of carboxylic acids is 1. The molecular formula is C15H9ClF3N3O4. The zero-order valence-electron chi connectivity index (χ0n) is 12.7. The number of nitrogens with zero attached hydrogens (tertiary/aromatic N) is 3. The summed E-state index contributed by atoms with van der Waals surface area (Å²) in [5, 5.41) is 8.88. The van der Waals surface area contributed by atoms with Crippen LogP contribution < -0.4 is 9.47 Å². The maximum atomic E-state index is 12.3. The minimum Gasteiger partial charge on any atom is -0.478 e. The molecule has 0 saturated heterocycles. The van der Waals surface area contributed by atoms with E-state index in [1.807, 2.05) is 0 Å². The molecule has 0 aliphatic rings. The quantitative estimate of drug-likeness (QED) is 0.716. The Morgan fingerprint density at radius 1 is 1.31 bits per heavy atom. The second-order valence-electron chi connectivity index (χ2n) is 4.96. The largest absolute Gasteiger partial charge is 0.478 e. The molecule has 3 aromatic heterocycles. The van der Waals surface area contributed by atoms with E-state index in [0.29, 0.717) is 0 Å². The number of rotatable bonds is 5. The molecule has 0 radical (unpaired) electrons. The molecule has 11 heteroatoms. The van der Waals surface area contributed by atoms with Crippen molar-refractivity contribution in [2.75, 3.05) is 6.61 Å². The summed E-state index contributed by atoms with van der Waals surface area (Å²) >= 11 is 5.96. The van der Waals surface area contributed by atoms with Crippen LogP contribution in [0.25, 0.3) is 5.65 Å². The average molecular weight is 388 g/mol. The normalized spacial score (nSPS) is 11.5. The van der Waals surface area contributed by atoms with Crippen LogP contribution in [0.15, 0.2) is 36.7 Å². The first kappa shape index (κ1) is 17.8. The first-order chi connectivity index (χ1) is 12.2. The second kappa shape index (κ2) is 6.71. The highest BCUT2D eigenvalue weighted by molar-refractivity contribution is 6.32. The van der Waals surface area contributed by atoms with Crippen molar-refractivity contribution in [2.24, 2.45) is 0 Å². The van der Waals surface area contributed by atoms with Crippen LogP contribution in [-0.4, -0.2) is 38.2 Å². The lowest BCUT2D eigenvalue weighted by atomic mass is 10.4. The molecule has 0 saturated carbocycles. The van der Waals surface area contributed by atoms with E-state index >= 15 is 0 Å². The fourth-order valence-corrected chi connectivity index (χ4v) is 2.29. The molecule has 3 rings (SSSR count). The Balaban J connectivity index is 1.89. The number of imidazole rings is 1. The molecule has 0 atom stereocenters. The van der Waals surface area contributed by atoms with Crippen molar-refractivity contribution in [1.29, 1.82) is 0 Å². The number of carboxylic acid groups (broad SMARTS) is 1. The van der Waals surface area contributed by atoms with Crippen molar-refractivity contribution in [3.05, 3.63) is 47.5 Å². The number of carbonyl (C=O) groups is 1. The van der Waals surface area contributed by atoms with Gasteiger partial charge in [0.1, 0.15) is 16.5 Å². The molecule has 3 aromatic rings. The molecule has 0 aromatic carbocycles. The highest BCUT2D eigenvalue weighted by Gasteiger charge is 2.29. The van der Waals surface area contributed by atoms with Gasteiger partial charge in [-0.2, -0.15) is 13.2 Å². The van der Waals surface area contributed by atoms with E-state index in [1.165, 1.54) is 41.1 Å². The lowest BCUT2D eigenvalue weighted by molar-refractivity contribution is -0.153. The highest BCUT2D eigenvalue weighted by Crippen LogP contribution is 2.31. The number of hydrogen-bond acceptors (Lipinski definition) is 5. The van der Waals surface area contributed by atoms with Gasteiger partial charge in [0.2, 0.25) is 0 Å². The van der Waals surface area contributed by atoms with Crippen LogP contribution in [0, 0.1) is 0 Å². The highest BCUT2D eigenvalue weighted by atomic mass is 35.5. The summed E-state index contributed by atoms with van der Waals surface area (Å²) in [5.74, 6) is -1.54. The van der Waals surface area contributed by atoms with E-state index in [9.17, 15) is 18.0 Å². The van der Waals surface area contributed by atoms with Gasteiger partial charge < -0.3 is 14.6 Å². The maximum Gasteiger partial charge on any atom is 0.422 e. The van der Waals surface area contributed by atoms with Gasteiger partial charge in [-0.15, -0.1) is 0 Å². The molecule has 0 fully saturated rings. The first-order valence-electron chi connectivity index (χ1n) is 6.98. The third-order valence-electron chi connectivity index (χ3n) is 3.08. The van der Waals surface area contributed by atoms with Gasteiger partial charge in [-0.3, -0.25) is 4.40 Å². The number of pyridine rings is 2. The maximum absolute atomic E-state index is 12.3. The average Bonchev–Trinajstić information content (AvgIpc) is 2.90. The van der Waals surface area contributed by atoms with Crippen molar-refractivity contribution in [1.82, 2.24) is 14.4 Å². The fraction of sp³-hybridized carbons (Fsp3) is 0.133. The summed E-state index contributed by atoms with van der Waals surface area (Å²) in [6.45, 7) is -1.50. The predicted octanol–water partition coefficient (Wildman–Crippen LogP) is 3.81. The van der Waals surface area contributed by atoms with Gasteiger partial charge in [0.25, 0.3) is 5.88 Å². The summed E-state index contributed by atoms with van der Waals surface area (Å²) in [6, 6.07) is 5.55. The van der Waals surface area contributed by atoms with Gasteiger partial charge in [0.15, 0.2) is 18.1 Å². The van der Waals surface area contributed by atoms with Crippen molar-refractivity contribution >= 4 is 23.2 Å². The van der Waals surface area contributed by atoms with Crippen LogP contribution >= 0.6 is 11.6 Å². The lowest BCUT2D eigenvalue weighted by Gasteiger charge is -2.12. The van der Waals surface area contributed by atoms with Gasteiger partial charge in [-0.05, 0) is 24.3 Å². The molecule has 26 heavy (non-hydrogen) atoms. The van der Waals surface area contributed by atoms with E-state index < -0.39 is 18.8 Å². The Hall–Kier alpha value is -3.01. The minimum absolute atomic E-state index is 0.143. The Bertz CT molecular complexity index is 974. The fourth-order valence-electron chi connectivity index (χ4n) is 2.03. The Kier molecular flexibility index (Phi) is 4.60. The predicted molar refractivity (Wildman–Crippen MR) is 83.0 cm³/mol. The van der Waals surface area contributed by atoms with Gasteiger partial charge >= 0.3 is 12.1 Å². The van der Waals surface area contributed by atoms with Crippen LogP contribution in [0.4, 0.5) is 13.2 Å². The number of fused-ring (bicyclic) bond motifs is 1. The summed E-state index contributed by atoms with van der Waals surface area (Å²) in [5.41, 5.74) is -0.0785. The number of halogens is 4. The third-order valence-corrected chi connectivity index (χ3v) is 3.44. The number of hydrogen-bond donors (Lipinski definition) is 1. The number of aromatic carboxylic acids is 1. The monoisotopic (exact) mass is 387 g/mol. The van der Waals surface area contributed by atoms with Crippen LogP contribution in [-0.2, 0) is 0 Å². The zero-order valence-corrected chi connectivity index (χ0v) is 13.5. The second-order valence-corrected chi connectivity index (χ2v) is 5.32. The van der Waals surface area contributed by atoms with Crippen LogP contribution in [0.5, 0.6) is 17.4 Å². The lowest BCUT2D eigenvalue weighted by Crippen LogP contribution is -2.19. The third kappa shape index (κ3) is 3.80. The summed E-state index contributed by atoms with van der Waals surface area (Å²) < 4.78 is 48.4. The number of aromatic nitrogens is 3. The Morgan fingerprint density at radius 3 is 2.77 bits per heavy atom. The van der Waals surface area contributed by atoms with E-state index in [0.717, 1.165) is 0 Å². The molecule has 0 unspecified atom stereocenters. The Morgan fingerprint density at radius 2 is 2.08 bits per heavy atom. The molecule has 7 nitrogen and oxygen atoms in total. The summed E-state index contributed by atoms with van der Waals surface area (Å²) in [6.07, 6.45) is -1.86. The minimum atomic E-state index is -4.51. The molecule has 0 aliphatic heterocycles. The van der Waals surface area contributed by atoms with E-state index in [4.69, 9.17) is 21.4 Å². The molecule has 1 N–H and O–H groups in total. The van der Waals surface area contributed by atoms with Crippen LogP contribution in [0.1, 0.15) is 10.5 Å². The molecule has 0 aliphatic carbocycles.